The maximum Gasteiger partial charge on any atom is 0.254 e. The maximum absolute atomic E-state index is 11.5. The molecule has 1 unspecified atom stereocenters. The van der Waals surface area contributed by atoms with Crippen LogP contribution in [0.4, 0.5) is 0 Å². The number of methoxy groups -OCH3 is 1. The minimum atomic E-state index is -0.132. The average Bonchev–Trinajstić information content (AvgIpc) is 2.62. The average molecular weight is 276 g/mol. The molecule has 0 radical (unpaired) electrons. The predicted molar refractivity (Wildman–Crippen MR) is 60.4 cm³/mol. The minimum absolute atomic E-state index is 0.124. The summed E-state index contributed by atoms with van der Waals surface area (Å²) in [6.07, 6.45) is 1.45. The molecular weight excluding hydrogens is 262 g/mol. The Bertz CT molecular complexity index is 324. The summed E-state index contributed by atoms with van der Waals surface area (Å²) < 4.78 is 9.97. The molecule has 4 nitrogen and oxygen atoms in total. The maximum atomic E-state index is 11.5. The van der Waals surface area contributed by atoms with Gasteiger partial charge in [0.05, 0.1) is 17.0 Å². The van der Waals surface area contributed by atoms with Gasteiger partial charge in [-0.25, -0.2) is 0 Å². The zero-order valence-corrected chi connectivity index (χ0v) is 10.3. The van der Waals surface area contributed by atoms with Crippen LogP contribution in [0, 0.1) is 6.92 Å². The Morgan fingerprint density at radius 3 is 3.00 bits per heavy atom. The molecule has 0 aliphatic rings. The van der Waals surface area contributed by atoms with Crippen molar-refractivity contribution in [1.29, 1.82) is 0 Å². The lowest BCUT2D eigenvalue weighted by Crippen LogP contribution is -2.31. The van der Waals surface area contributed by atoms with Crippen molar-refractivity contribution in [2.75, 3.05) is 20.3 Å². The smallest absolute Gasteiger partial charge is 0.254 e. The molecule has 0 aliphatic carbocycles. The van der Waals surface area contributed by atoms with Crippen LogP contribution in [0.5, 0.6) is 0 Å². The van der Waals surface area contributed by atoms with Gasteiger partial charge in [-0.1, -0.05) is 15.9 Å². The summed E-state index contributed by atoms with van der Waals surface area (Å²) in [6.45, 7) is 2.89. The first-order valence-corrected chi connectivity index (χ1v) is 5.51. The van der Waals surface area contributed by atoms with E-state index in [1.165, 1.54) is 6.26 Å². The summed E-state index contributed by atoms with van der Waals surface area (Å²) in [5.74, 6) is 0.597. The van der Waals surface area contributed by atoms with Crippen LogP contribution in [0.3, 0.4) is 0 Å². The first-order chi connectivity index (χ1) is 7.13. The molecule has 1 atom stereocenters. The first-order valence-electron chi connectivity index (χ1n) is 4.60. The molecule has 0 aromatic carbocycles. The van der Waals surface area contributed by atoms with Crippen molar-refractivity contribution in [3.63, 3.8) is 0 Å². The van der Waals surface area contributed by atoms with Crippen molar-refractivity contribution < 1.29 is 13.9 Å². The van der Waals surface area contributed by atoms with Gasteiger partial charge in [-0.3, -0.25) is 4.79 Å². The molecule has 15 heavy (non-hydrogen) atoms. The normalized spacial score (nSPS) is 12.5. The summed E-state index contributed by atoms with van der Waals surface area (Å²) in [4.78, 5) is 11.7. The number of amides is 1. The number of nitrogens with one attached hydrogen (secondary N) is 1. The molecule has 1 amide bonds. The SMILES string of the molecule is COCC(Br)CNC(=O)c1coc(C)c1. The summed E-state index contributed by atoms with van der Waals surface area (Å²) in [7, 11) is 1.62. The lowest BCUT2D eigenvalue weighted by atomic mass is 10.3. The number of hydrogen-bond acceptors (Lipinski definition) is 3. The van der Waals surface area contributed by atoms with Gasteiger partial charge in [0.1, 0.15) is 12.0 Å². The number of halogens is 1. The van der Waals surface area contributed by atoms with Gasteiger partial charge < -0.3 is 14.5 Å². The topological polar surface area (TPSA) is 51.5 Å². The van der Waals surface area contributed by atoms with Crippen molar-refractivity contribution in [3.8, 4) is 0 Å². The van der Waals surface area contributed by atoms with E-state index in [9.17, 15) is 4.79 Å². The van der Waals surface area contributed by atoms with Gasteiger partial charge in [-0.05, 0) is 13.0 Å². The van der Waals surface area contributed by atoms with Gasteiger partial charge in [0, 0.05) is 13.7 Å². The summed E-state index contributed by atoms with van der Waals surface area (Å²) >= 11 is 3.38. The lowest BCUT2D eigenvalue weighted by molar-refractivity contribution is 0.0949. The zero-order chi connectivity index (χ0) is 11.3. The molecule has 1 rings (SSSR count). The second kappa shape index (κ2) is 5.92. The third kappa shape index (κ3) is 4.05. The molecule has 5 heteroatoms. The second-order valence-corrected chi connectivity index (χ2v) is 4.50. The molecule has 1 heterocycles. The van der Waals surface area contributed by atoms with Gasteiger partial charge in [0.15, 0.2) is 0 Å². The number of furan rings is 1. The van der Waals surface area contributed by atoms with Crippen LogP contribution in [0.1, 0.15) is 16.1 Å². The van der Waals surface area contributed by atoms with Crippen molar-refractivity contribution >= 4 is 21.8 Å². The van der Waals surface area contributed by atoms with Crippen molar-refractivity contribution in [2.45, 2.75) is 11.8 Å². The Morgan fingerprint density at radius 1 is 1.73 bits per heavy atom. The molecule has 0 spiro atoms. The molecule has 1 aromatic rings. The number of hydrogen-bond donors (Lipinski definition) is 1. The molecule has 0 saturated carbocycles. The van der Waals surface area contributed by atoms with E-state index in [4.69, 9.17) is 9.15 Å². The second-order valence-electron chi connectivity index (χ2n) is 3.21. The zero-order valence-electron chi connectivity index (χ0n) is 8.75. The van der Waals surface area contributed by atoms with E-state index in [-0.39, 0.29) is 10.7 Å². The summed E-state index contributed by atoms with van der Waals surface area (Å²) in [5.41, 5.74) is 0.546. The van der Waals surface area contributed by atoms with Crippen molar-refractivity contribution in [2.24, 2.45) is 0 Å². The minimum Gasteiger partial charge on any atom is -0.469 e. The number of aryl methyl sites for hydroxylation is 1. The van der Waals surface area contributed by atoms with E-state index in [0.717, 1.165) is 5.76 Å². The van der Waals surface area contributed by atoms with Gasteiger partial charge in [-0.2, -0.15) is 0 Å². The molecule has 0 saturated heterocycles. The largest absolute Gasteiger partial charge is 0.469 e. The third-order valence-electron chi connectivity index (χ3n) is 1.82. The first kappa shape index (κ1) is 12.3. The lowest BCUT2D eigenvalue weighted by Gasteiger charge is -2.08. The third-order valence-corrected chi connectivity index (χ3v) is 2.41. The highest BCUT2D eigenvalue weighted by Gasteiger charge is 2.10. The molecule has 84 valence electrons. The fraction of sp³-hybridized carbons (Fsp3) is 0.500. The van der Waals surface area contributed by atoms with Crippen LogP contribution < -0.4 is 5.32 Å². The van der Waals surface area contributed by atoms with Crippen LogP contribution in [0.25, 0.3) is 0 Å². The van der Waals surface area contributed by atoms with Crippen LogP contribution in [-0.4, -0.2) is 31.0 Å². The Hall–Kier alpha value is -0.810. The number of rotatable bonds is 5. The fourth-order valence-electron chi connectivity index (χ4n) is 1.11. The highest BCUT2D eigenvalue weighted by Crippen LogP contribution is 2.06. The van der Waals surface area contributed by atoms with Crippen LogP contribution in [0.2, 0.25) is 0 Å². The van der Waals surface area contributed by atoms with E-state index in [0.29, 0.717) is 18.7 Å². The number of carbonyl (C=O) groups excluding carboxylic acids is 1. The molecule has 0 fully saturated rings. The Balaban J connectivity index is 2.36. The van der Waals surface area contributed by atoms with E-state index < -0.39 is 0 Å². The van der Waals surface area contributed by atoms with Crippen LogP contribution in [0.15, 0.2) is 16.7 Å². The van der Waals surface area contributed by atoms with Crippen molar-refractivity contribution in [3.05, 3.63) is 23.7 Å². The quantitative estimate of drug-likeness (QED) is 0.833. The van der Waals surface area contributed by atoms with Gasteiger partial charge >= 0.3 is 0 Å². The van der Waals surface area contributed by atoms with E-state index in [1.54, 1.807) is 20.1 Å². The summed E-state index contributed by atoms with van der Waals surface area (Å²) in [5, 5.41) is 2.77. The van der Waals surface area contributed by atoms with E-state index >= 15 is 0 Å². The fourth-order valence-corrected chi connectivity index (χ4v) is 1.53. The molecule has 1 aromatic heterocycles. The van der Waals surface area contributed by atoms with Gasteiger partial charge in [0.25, 0.3) is 5.91 Å². The van der Waals surface area contributed by atoms with Crippen molar-refractivity contribution in [1.82, 2.24) is 5.32 Å². The highest BCUT2D eigenvalue weighted by atomic mass is 79.9. The number of carbonyl (C=O) groups is 1. The van der Waals surface area contributed by atoms with E-state index in [2.05, 4.69) is 21.2 Å². The predicted octanol–water partition coefficient (Wildman–Crippen LogP) is 1.73. The number of ether oxygens (including phenoxy) is 1. The summed E-state index contributed by atoms with van der Waals surface area (Å²) in [6, 6.07) is 1.70. The standard InChI is InChI=1S/C10H14BrNO3/c1-7-3-8(5-15-7)10(13)12-4-9(11)6-14-2/h3,5,9H,4,6H2,1-2H3,(H,12,13). The molecule has 0 aliphatic heterocycles. The Labute approximate surface area is 97.1 Å². The van der Waals surface area contributed by atoms with Crippen LogP contribution >= 0.6 is 15.9 Å². The molecule has 0 bridgehead atoms. The van der Waals surface area contributed by atoms with Gasteiger partial charge in [-0.15, -0.1) is 0 Å². The monoisotopic (exact) mass is 275 g/mol. The molecule has 1 N–H and O–H groups in total. The molecular formula is C10H14BrNO3. The van der Waals surface area contributed by atoms with Crippen LogP contribution in [-0.2, 0) is 4.74 Å². The Morgan fingerprint density at radius 2 is 2.47 bits per heavy atom. The Kier molecular flexibility index (Phi) is 4.84. The number of alkyl halides is 1. The van der Waals surface area contributed by atoms with Gasteiger partial charge in [0.2, 0.25) is 0 Å². The highest BCUT2D eigenvalue weighted by molar-refractivity contribution is 9.09. The van der Waals surface area contributed by atoms with E-state index in [1.807, 2.05) is 0 Å².